The fourth-order valence-electron chi connectivity index (χ4n) is 11.7. The number of alkyl halides is 2. The number of hydrogen-bond donors (Lipinski definition) is 10. The molecule has 12 N–H and O–H groups in total. The Balaban J connectivity index is 0.000000510. The molecule has 0 spiro atoms. The number of aliphatic carboxylic acids is 1. The van der Waals surface area contributed by atoms with Crippen LogP contribution in [0.15, 0.2) is 192 Å². The van der Waals surface area contributed by atoms with E-state index >= 15 is 0 Å². The first-order valence-corrected chi connectivity index (χ1v) is 44.2. The molecule has 0 unspecified atom stereocenters. The minimum absolute atomic E-state index is 0.0892. The predicted molar refractivity (Wildman–Crippen MR) is 494 cm³/mol. The maximum Gasteiger partial charge on any atom is 0.415 e. The van der Waals surface area contributed by atoms with E-state index in [0.717, 1.165) is 35.7 Å². The number of ether oxygens (including phenoxy) is 11. The minimum Gasteiger partial charge on any atom is -0.544 e. The molecule has 0 radical (unpaired) electrons. The first-order chi connectivity index (χ1) is 68.7. The second-order valence-corrected chi connectivity index (χ2v) is 31.1. The lowest BCUT2D eigenvalue weighted by atomic mass is 10.0. The van der Waals surface area contributed by atoms with Crippen molar-refractivity contribution in [2.45, 2.75) is 181 Å². The van der Waals surface area contributed by atoms with Crippen LogP contribution in [0.4, 0.5) is 28.0 Å². The van der Waals surface area contributed by atoms with Gasteiger partial charge in [0.15, 0.2) is 0 Å². The fraction of sp³-hybridized carbons (Fsp3) is 0.404. The summed E-state index contributed by atoms with van der Waals surface area (Å²) in [4.78, 5) is 237. The number of carbonyl (C=O) groups excluding carboxylic acids is 20. The van der Waals surface area contributed by atoms with E-state index in [0.29, 0.717) is 49.6 Å². The summed E-state index contributed by atoms with van der Waals surface area (Å²) in [5.41, 5.74) is 24.6. The van der Waals surface area contributed by atoms with Crippen LogP contribution in [0, 0.1) is 11.8 Å². The number of quaternary nitrogens is 1. The third kappa shape index (κ3) is 55.8. The molecule has 0 aromatic heterocycles. The number of benzene rings is 6. The molecule has 6 aromatic carbocycles. The summed E-state index contributed by atoms with van der Waals surface area (Å²) >= 11 is 0. The van der Waals surface area contributed by atoms with Crippen molar-refractivity contribution in [2.75, 3.05) is 52.6 Å². The Kier molecular flexibility index (Phi) is 59.0. The van der Waals surface area contributed by atoms with Gasteiger partial charge in [0.2, 0.25) is 29.5 Å². The predicted octanol–water partition coefficient (Wildman–Crippen LogP) is 4.64. The van der Waals surface area contributed by atoms with Gasteiger partial charge in [-0.25, -0.2) is 47.1 Å². The molecule has 6 aromatic rings. The second kappa shape index (κ2) is 70.0. The number of nitrogens with zero attached hydrogens (tertiary/aromatic N) is 6. The summed E-state index contributed by atoms with van der Waals surface area (Å²) in [5, 5.41) is 37.8. The van der Waals surface area contributed by atoms with E-state index in [1.54, 1.807) is 84.9 Å². The number of carboxylic acids is 1. The second-order valence-electron chi connectivity index (χ2n) is 31.1. The van der Waals surface area contributed by atoms with Crippen molar-refractivity contribution in [1.29, 1.82) is 0 Å². The van der Waals surface area contributed by atoms with Crippen LogP contribution >= 0.6 is 0 Å². The number of azide groups is 2. The van der Waals surface area contributed by atoms with Crippen molar-refractivity contribution in [3.63, 3.8) is 0 Å². The monoisotopic (exact) mass is 2020 g/mol. The Hall–Kier alpha value is -16.7. The lowest BCUT2D eigenvalue weighted by Gasteiger charge is -2.27. The summed E-state index contributed by atoms with van der Waals surface area (Å²) in [5.74, 6) is -12.3. The van der Waals surface area contributed by atoms with Crippen molar-refractivity contribution >= 4 is 120 Å². The van der Waals surface area contributed by atoms with E-state index in [2.05, 4.69) is 97.3 Å². The first-order valence-electron chi connectivity index (χ1n) is 44.2. The summed E-state index contributed by atoms with van der Waals surface area (Å²) in [6.07, 6.45) is -6.71. The minimum atomic E-state index is -3.34. The maximum atomic E-state index is 14.1. The normalized spacial score (nSPS) is 15.0. The van der Waals surface area contributed by atoms with Crippen LogP contribution in [-0.4, -0.2) is 227 Å². The highest BCUT2D eigenvalue weighted by atomic mass is 19.3. The maximum absolute atomic E-state index is 14.1. The van der Waals surface area contributed by atoms with Crippen LogP contribution in [0.5, 0.6) is 0 Å². The molecule has 0 aliphatic carbocycles. The van der Waals surface area contributed by atoms with Crippen molar-refractivity contribution in [2.24, 2.45) is 22.1 Å². The fourth-order valence-corrected chi connectivity index (χ4v) is 11.7. The van der Waals surface area contributed by atoms with Crippen molar-refractivity contribution in [1.82, 2.24) is 47.9 Å². The molecule has 776 valence electrons. The average molecular weight is 2020 g/mol. The van der Waals surface area contributed by atoms with Gasteiger partial charge in [0, 0.05) is 63.1 Å². The van der Waals surface area contributed by atoms with Crippen molar-refractivity contribution < 1.29 is 168 Å². The van der Waals surface area contributed by atoms with Gasteiger partial charge >= 0.3 is 84.1 Å². The number of nitrogens with one attached hydrogen (secondary N) is 9. The van der Waals surface area contributed by atoms with Crippen LogP contribution in [0.1, 0.15) is 120 Å². The lowest BCUT2D eigenvalue weighted by Crippen LogP contribution is -2.59. The molecule has 10 rings (SSSR count). The van der Waals surface area contributed by atoms with Gasteiger partial charge in [0.25, 0.3) is 6.43 Å². The van der Waals surface area contributed by atoms with Crippen LogP contribution in [0.25, 0.3) is 20.9 Å². The summed E-state index contributed by atoms with van der Waals surface area (Å²) in [6, 6.07) is 46.0. The summed E-state index contributed by atoms with van der Waals surface area (Å²) < 4.78 is 73.1. The van der Waals surface area contributed by atoms with E-state index in [4.69, 9.17) is 49.4 Å². The number of cyclic esters (lactones) is 8. The van der Waals surface area contributed by atoms with Gasteiger partial charge in [-0.2, -0.15) is 0 Å². The Morgan fingerprint density at radius 1 is 0.417 bits per heavy atom. The molecule has 8 atom stereocenters. The third-order valence-corrected chi connectivity index (χ3v) is 18.2. The van der Waals surface area contributed by atoms with Crippen molar-refractivity contribution in [3.8, 4) is 0 Å². The first kappa shape index (κ1) is 121. The molecular formula is C94H114F2N16O32. The van der Waals surface area contributed by atoms with E-state index in [1.165, 1.54) is 13.8 Å². The highest BCUT2D eigenvalue weighted by Crippen LogP contribution is 2.17. The highest BCUT2D eigenvalue weighted by Gasteiger charge is 2.39. The molecule has 0 saturated carbocycles. The molecule has 48 nitrogen and oxygen atoms in total. The van der Waals surface area contributed by atoms with Gasteiger partial charge in [-0.3, -0.25) is 52.7 Å². The van der Waals surface area contributed by atoms with Crippen LogP contribution in [0.3, 0.4) is 0 Å². The standard InChI is InChI=1S/C43H54N8O10.2C12H11NO5.C10H9NO3.C7H11NO3.C4H10N4O.C4H6O3.C2H2F2O2/c1-29(2)23-34(41(56)49-35(24-31-13-7-4-8-14-31)40(55)45-19-21-59-22-20-46-51-44)48-43(58)37(26-39(54)61-28-33-17-11-6-12-18-33)50-42(57)36(47-30(3)52)25-38(53)60-27-32-15-9-5-10-16-32;2*14-10(6-9-11(15)18-12(16)13-9)17-7-8-4-2-1-3-5-8;12-9-8(11-10(13)14-9)6-7-4-2-1-3-5-7;1-4(2)3-5-6(9)11-7(10)8-5;5-1-3-9-4-2-7-8-6;1-3(5)7-4(2)6;3-1(4)2(5)6/h4-18,29,34-37H,19-28H2,1-3H3,(H,45,55)(H,47,52)(H,48,58)(H,49,56)(H,50,57);2*1-5,9H,6-7H2,(H,13,16);1-5,8H,6H2,(H,11,13);4-5H,3H2,1-2H3,(H,8,10);1-5H2;1-2H3;1H,(H,5,6)/t34-,35+,36-,37+;2*9-;8-;5-;;;/m11001.../s1. The molecule has 50 heteroatoms. The van der Waals surface area contributed by atoms with Gasteiger partial charge < -0.3 is 116 Å². The molecule has 9 amide bonds. The number of carbonyl (C=O) groups is 20. The molecule has 4 aliphatic rings. The third-order valence-electron chi connectivity index (χ3n) is 18.2. The van der Waals surface area contributed by atoms with Crippen LogP contribution in [0.2, 0.25) is 0 Å². The van der Waals surface area contributed by atoms with E-state index < -0.39 is 187 Å². The topological polar surface area (TPSA) is 699 Å². The Labute approximate surface area is 823 Å². The molecule has 4 aliphatic heterocycles. The van der Waals surface area contributed by atoms with Gasteiger partial charge in [0.1, 0.15) is 80.7 Å². The number of esters is 10. The summed E-state index contributed by atoms with van der Waals surface area (Å²) in [7, 11) is 0. The van der Waals surface area contributed by atoms with E-state index in [-0.39, 0.29) is 84.3 Å². The molecule has 4 saturated heterocycles. The van der Waals surface area contributed by atoms with E-state index in [9.17, 15) is 99.9 Å². The molecule has 144 heavy (non-hydrogen) atoms. The highest BCUT2D eigenvalue weighted by molar-refractivity contribution is 6.00. The Bertz CT molecular complexity index is 5170. The summed E-state index contributed by atoms with van der Waals surface area (Å²) in [6.45, 7) is 14.0. The number of halogens is 2. The van der Waals surface area contributed by atoms with Crippen LogP contribution < -0.4 is 58.7 Å². The molecule has 4 heterocycles. The molecular weight excluding hydrogens is 1900 g/mol. The molecule has 0 bridgehead atoms. The zero-order valence-electron chi connectivity index (χ0n) is 79.5. The Morgan fingerprint density at radius 2 is 0.736 bits per heavy atom. The largest absolute Gasteiger partial charge is 0.544 e. The number of alkyl carbamates (subject to hydrolysis) is 4. The molecule has 4 fully saturated rings. The smallest absolute Gasteiger partial charge is 0.415 e. The van der Waals surface area contributed by atoms with Gasteiger partial charge in [0.05, 0.1) is 58.7 Å². The lowest BCUT2D eigenvalue weighted by molar-refractivity contribution is -0.374. The number of carboxylic acid groups (broad SMARTS) is 1. The van der Waals surface area contributed by atoms with Gasteiger partial charge in [-0.1, -0.05) is 220 Å². The van der Waals surface area contributed by atoms with Gasteiger partial charge in [-0.15, -0.1) is 0 Å². The Morgan fingerprint density at radius 3 is 1.06 bits per heavy atom. The zero-order valence-corrected chi connectivity index (χ0v) is 79.5. The van der Waals surface area contributed by atoms with E-state index in [1.807, 2.05) is 125 Å². The zero-order chi connectivity index (χ0) is 107. The average Bonchev–Trinajstić information content (AvgIpc) is 1.73. The SMILES string of the molecule is CC(=O)N[C@H](CC(=O)OCc1ccccc1)C(=O)N[C@@H](CC(=O)OCc1ccccc1)C(=O)N[C@H](CC(C)C)C(=O)N[C@@H](Cc1ccccc1)C(=O)NCCOCCN=[N+]=[N-].CC(=O)OC(C)=O.CC(C)C[C@H]1NC(=O)OC1=O.O=C(C[C@@H]1NC(=O)OC1=O)OCc1ccccc1.O=C(C[C@H]1NC(=O)OC1=O)OCc1ccccc1.O=C([O-])C(F)F.O=C1N[C@@H](Cc2ccccc2)C(=O)O1.[N-]=[N+]=NCCOCC[NH3+]. The quantitative estimate of drug-likeness (QED) is 0.00474. The number of rotatable bonds is 44. The van der Waals surface area contributed by atoms with Crippen LogP contribution in [-0.2, 0) is 168 Å². The number of amides is 9. The van der Waals surface area contributed by atoms with Crippen molar-refractivity contribution in [3.05, 3.63) is 236 Å². The number of hydrogen-bond acceptors (Lipinski definition) is 34. The van der Waals surface area contributed by atoms with Gasteiger partial charge in [-0.05, 0) is 69.1 Å².